The van der Waals surface area contributed by atoms with Crippen molar-refractivity contribution in [1.29, 1.82) is 0 Å². The van der Waals surface area contributed by atoms with E-state index in [9.17, 15) is 18.4 Å². The second-order valence-corrected chi connectivity index (χ2v) is 9.23. The van der Waals surface area contributed by atoms with E-state index in [1.807, 2.05) is 19.9 Å². The zero-order valence-electron chi connectivity index (χ0n) is 18.4. The van der Waals surface area contributed by atoms with Gasteiger partial charge in [-0.3, -0.25) is 14.7 Å². The maximum Gasteiger partial charge on any atom is 0.243 e. The Balaban J connectivity index is 1.49. The lowest BCUT2D eigenvalue weighted by Gasteiger charge is -2.27. The number of rotatable bonds is 8. The first-order valence-electron chi connectivity index (χ1n) is 11.2. The molecule has 2 fully saturated rings. The number of hydrogen-bond acceptors (Lipinski definition) is 4. The standard InChI is InChI=1S/C23H29F2N5O2/c1-13(2)18-6-5-15(8-19(18)25)20(7-14-3-4-14)27-23(32)21-9-16(24)12-30(21)22(31)10-17-11-26-29-28-17/h5-6,8,11,13-14,16,20-21H,3-4,7,9-10,12H2,1-2H3,(H,27,32)(H,26,28,29)/t16-,20?,21+/m1/s1. The molecule has 2 aliphatic rings. The number of carbonyl (C=O) groups is 2. The number of hydrogen-bond donors (Lipinski definition) is 2. The molecule has 1 aliphatic carbocycles. The van der Waals surface area contributed by atoms with Crippen LogP contribution < -0.4 is 5.32 Å². The lowest BCUT2D eigenvalue weighted by Crippen LogP contribution is -2.47. The number of carbonyl (C=O) groups excluding carboxylic acids is 2. The van der Waals surface area contributed by atoms with Crippen molar-refractivity contribution in [2.24, 2.45) is 5.92 Å². The topological polar surface area (TPSA) is 91.0 Å². The van der Waals surface area contributed by atoms with Gasteiger partial charge in [0, 0.05) is 6.42 Å². The lowest BCUT2D eigenvalue weighted by molar-refractivity contribution is -0.138. The van der Waals surface area contributed by atoms with Crippen LogP contribution >= 0.6 is 0 Å². The molecule has 2 heterocycles. The summed E-state index contributed by atoms with van der Waals surface area (Å²) >= 11 is 0. The van der Waals surface area contributed by atoms with Crippen molar-refractivity contribution < 1.29 is 18.4 Å². The van der Waals surface area contributed by atoms with Crippen LogP contribution in [0.2, 0.25) is 0 Å². The van der Waals surface area contributed by atoms with Crippen LogP contribution in [0.15, 0.2) is 24.4 Å². The third-order valence-electron chi connectivity index (χ3n) is 6.31. The van der Waals surface area contributed by atoms with Crippen LogP contribution in [0.1, 0.15) is 68.3 Å². The highest BCUT2D eigenvalue weighted by Crippen LogP contribution is 2.38. The second-order valence-electron chi connectivity index (χ2n) is 9.23. The van der Waals surface area contributed by atoms with Crippen molar-refractivity contribution in [1.82, 2.24) is 25.6 Å². The summed E-state index contributed by atoms with van der Waals surface area (Å²) in [5.41, 5.74) is 1.83. The summed E-state index contributed by atoms with van der Waals surface area (Å²) in [6, 6.07) is 3.84. The summed E-state index contributed by atoms with van der Waals surface area (Å²) in [6.07, 6.45) is 2.95. The molecule has 2 N–H and O–H groups in total. The zero-order chi connectivity index (χ0) is 22.8. The van der Waals surface area contributed by atoms with Crippen molar-refractivity contribution in [3.63, 3.8) is 0 Å². The number of aromatic nitrogens is 3. The maximum absolute atomic E-state index is 14.6. The largest absolute Gasteiger partial charge is 0.347 e. The molecule has 0 bridgehead atoms. The van der Waals surface area contributed by atoms with Crippen LogP contribution in [-0.2, 0) is 16.0 Å². The molecule has 1 unspecified atom stereocenters. The van der Waals surface area contributed by atoms with E-state index >= 15 is 0 Å². The number of aromatic amines is 1. The molecule has 32 heavy (non-hydrogen) atoms. The first-order chi connectivity index (χ1) is 15.3. The average molecular weight is 446 g/mol. The minimum absolute atomic E-state index is 0.0309. The van der Waals surface area contributed by atoms with E-state index in [0.29, 0.717) is 29.2 Å². The molecule has 0 spiro atoms. The SMILES string of the molecule is CC(C)c1ccc(C(CC2CC2)NC(=O)[C@@H]2C[C@@H](F)CN2C(=O)Cc2cnn[nH]2)cc1F. The van der Waals surface area contributed by atoms with Gasteiger partial charge in [0.15, 0.2) is 0 Å². The van der Waals surface area contributed by atoms with E-state index in [0.717, 1.165) is 12.8 Å². The third-order valence-corrected chi connectivity index (χ3v) is 6.31. The van der Waals surface area contributed by atoms with Crippen molar-refractivity contribution in [3.05, 3.63) is 47.0 Å². The Hall–Kier alpha value is -2.84. The fraction of sp³-hybridized carbons (Fsp3) is 0.565. The van der Waals surface area contributed by atoms with Crippen molar-refractivity contribution >= 4 is 11.8 Å². The Bertz CT molecular complexity index is 961. The van der Waals surface area contributed by atoms with Crippen molar-refractivity contribution in [3.8, 4) is 0 Å². The van der Waals surface area contributed by atoms with Gasteiger partial charge in [0.25, 0.3) is 0 Å². The van der Waals surface area contributed by atoms with Gasteiger partial charge >= 0.3 is 0 Å². The fourth-order valence-electron chi connectivity index (χ4n) is 4.34. The predicted octanol–water partition coefficient (Wildman–Crippen LogP) is 3.21. The van der Waals surface area contributed by atoms with Crippen LogP contribution in [0.5, 0.6) is 0 Å². The molecular formula is C23H29F2N5O2. The predicted molar refractivity (Wildman–Crippen MR) is 114 cm³/mol. The van der Waals surface area contributed by atoms with Crippen molar-refractivity contribution in [2.75, 3.05) is 6.54 Å². The number of likely N-dealkylation sites (tertiary alicyclic amines) is 1. The highest BCUT2D eigenvalue weighted by Gasteiger charge is 2.41. The van der Waals surface area contributed by atoms with Crippen LogP contribution in [0.4, 0.5) is 8.78 Å². The van der Waals surface area contributed by atoms with Crippen LogP contribution in [0, 0.1) is 11.7 Å². The Morgan fingerprint density at radius 3 is 2.72 bits per heavy atom. The number of H-pyrrole nitrogens is 1. The van der Waals surface area contributed by atoms with Gasteiger partial charge < -0.3 is 10.2 Å². The van der Waals surface area contributed by atoms with Gasteiger partial charge in [-0.25, -0.2) is 8.78 Å². The van der Waals surface area contributed by atoms with E-state index in [1.165, 1.54) is 17.2 Å². The van der Waals surface area contributed by atoms with Crippen LogP contribution in [0.25, 0.3) is 0 Å². The summed E-state index contributed by atoms with van der Waals surface area (Å²) in [4.78, 5) is 27.2. The van der Waals surface area contributed by atoms with Gasteiger partial charge in [0.2, 0.25) is 11.8 Å². The van der Waals surface area contributed by atoms with Crippen LogP contribution in [0.3, 0.4) is 0 Å². The molecule has 2 amide bonds. The smallest absolute Gasteiger partial charge is 0.243 e. The minimum atomic E-state index is -1.26. The normalized spacial score (nSPS) is 21.7. The van der Waals surface area contributed by atoms with E-state index in [1.54, 1.807) is 6.07 Å². The maximum atomic E-state index is 14.6. The molecule has 1 saturated heterocycles. The van der Waals surface area contributed by atoms with Gasteiger partial charge in [-0.2, -0.15) is 0 Å². The first-order valence-corrected chi connectivity index (χ1v) is 11.2. The molecule has 0 radical (unpaired) electrons. The van der Waals surface area contributed by atoms with Crippen molar-refractivity contribution in [2.45, 2.75) is 70.1 Å². The average Bonchev–Trinajstić information content (AvgIpc) is 3.24. The quantitative estimate of drug-likeness (QED) is 0.653. The number of halogens is 2. The van der Waals surface area contributed by atoms with Gasteiger partial charge in [0.05, 0.1) is 30.9 Å². The number of benzene rings is 1. The fourth-order valence-corrected chi connectivity index (χ4v) is 4.34. The molecule has 2 aromatic rings. The second kappa shape index (κ2) is 9.34. The van der Waals surface area contributed by atoms with E-state index in [2.05, 4.69) is 20.7 Å². The third kappa shape index (κ3) is 5.14. The molecule has 1 saturated carbocycles. The molecule has 4 rings (SSSR count). The molecular weight excluding hydrogens is 416 g/mol. The van der Waals surface area contributed by atoms with Crippen LogP contribution in [-0.4, -0.2) is 50.9 Å². The first kappa shape index (κ1) is 22.4. The van der Waals surface area contributed by atoms with Gasteiger partial charge in [0.1, 0.15) is 18.0 Å². The summed E-state index contributed by atoms with van der Waals surface area (Å²) in [7, 11) is 0. The molecule has 9 heteroatoms. The molecule has 7 nitrogen and oxygen atoms in total. The molecule has 1 aliphatic heterocycles. The Kier molecular flexibility index (Phi) is 6.53. The molecule has 1 aromatic carbocycles. The van der Waals surface area contributed by atoms with Gasteiger partial charge in [-0.15, -0.1) is 5.10 Å². The Labute approximate surface area is 186 Å². The molecule has 1 aromatic heterocycles. The summed E-state index contributed by atoms with van der Waals surface area (Å²) < 4.78 is 28.8. The highest BCUT2D eigenvalue weighted by atomic mass is 19.1. The minimum Gasteiger partial charge on any atom is -0.347 e. The van der Waals surface area contributed by atoms with E-state index < -0.39 is 18.1 Å². The van der Waals surface area contributed by atoms with Gasteiger partial charge in [-0.05, 0) is 35.4 Å². The lowest BCUT2D eigenvalue weighted by atomic mass is 9.95. The number of amides is 2. The Morgan fingerprint density at radius 1 is 1.31 bits per heavy atom. The van der Waals surface area contributed by atoms with E-state index in [4.69, 9.17) is 0 Å². The molecule has 172 valence electrons. The monoisotopic (exact) mass is 445 g/mol. The summed E-state index contributed by atoms with van der Waals surface area (Å²) in [5, 5.41) is 12.8. The van der Waals surface area contributed by atoms with Gasteiger partial charge in [-0.1, -0.05) is 44.0 Å². The number of nitrogens with zero attached hydrogens (tertiary/aromatic N) is 3. The number of alkyl halides is 1. The zero-order valence-corrected chi connectivity index (χ0v) is 18.4. The van der Waals surface area contributed by atoms with E-state index in [-0.39, 0.29) is 43.1 Å². The summed E-state index contributed by atoms with van der Waals surface area (Å²) in [5.74, 6) is -0.508. The Morgan fingerprint density at radius 2 is 2.09 bits per heavy atom. The number of nitrogens with one attached hydrogen (secondary N) is 2. The molecule has 3 atom stereocenters. The summed E-state index contributed by atoms with van der Waals surface area (Å²) in [6.45, 7) is 3.74. The highest BCUT2D eigenvalue weighted by molar-refractivity contribution is 5.89.